The maximum absolute atomic E-state index is 13.8. The fourth-order valence-corrected chi connectivity index (χ4v) is 3.52. The van der Waals surface area contributed by atoms with Gasteiger partial charge in [0.2, 0.25) is 11.6 Å². The van der Waals surface area contributed by atoms with E-state index in [4.69, 9.17) is 0 Å². The molecular formula is C22H8F5NO6. The molecule has 0 saturated carbocycles. The van der Waals surface area contributed by atoms with Gasteiger partial charge >= 0.3 is 5.97 Å². The van der Waals surface area contributed by atoms with Crippen molar-refractivity contribution in [3.05, 3.63) is 109 Å². The van der Waals surface area contributed by atoms with E-state index in [1.165, 1.54) is 24.3 Å². The minimum atomic E-state index is -2.42. The van der Waals surface area contributed by atoms with Crippen LogP contribution in [0.15, 0.2) is 36.4 Å². The van der Waals surface area contributed by atoms with Crippen LogP contribution >= 0.6 is 0 Å². The van der Waals surface area contributed by atoms with E-state index in [1.807, 2.05) is 0 Å². The molecule has 0 heterocycles. The van der Waals surface area contributed by atoms with E-state index in [1.54, 1.807) is 0 Å². The zero-order chi connectivity index (χ0) is 24.9. The molecule has 1 aliphatic rings. The summed E-state index contributed by atoms with van der Waals surface area (Å²) in [6.45, 7) is -1.46. The second-order valence-corrected chi connectivity index (χ2v) is 6.97. The standard InChI is InChI=1S/C22H8F5NO6/c23-14-12(15(24)17(26)18(27)16(14)25)7-34-22(31)11-6-5-10-13(19(11)28(32)33)21(30)9-4-2-1-3-8(9)20(10)29/h1-6H,7H2. The Morgan fingerprint density at radius 3 is 1.88 bits per heavy atom. The Morgan fingerprint density at radius 2 is 1.32 bits per heavy atom. The van der Waals surface area contributed by atoms with Gasteiger partial charge in [0.05, 0.1) is 10.5 Å². The SMILES string of the molecule is O=C1c2ccccc2C(=O)c2c1ccc(C(=O)OCc1c(F)c(F)c(F)c(F)c1F)c2[N+](=O)[O-]. The molecule has 0 saturated heterocycles. The summed E-state index contributed by atoms with van der Waals surface area (Å²) in [5.74, 6) is -14.7. The van der Waals surface area contributed by atoms with Crippen LogP contribution in [0.1, 0.15) is 47.8 Å². The van der Waals surface area contributed by atoms with E-state index < -0.39 is 80.5 Å². The van der Waals surface area contributed by atoms with E-state index in [0.29, 0.717) is 0 Å². The highest BCUT2D eigenvalue weighted by molar-refractivity contribution is 6.30. The van der Waals surface area contributed by atoms with Crippen LogP contribution in [-0.4, -0.2) is 22.5 Å². The highest BCUT2D eigenvalue weighted by Gasteiger charge is 2.39. The Balaban J connectivity index is 1.76. The largest absolute Gasteiger partial charge is 0.457 e. The van der Waals surface area contributed by atoms with E-state index in [-0.39, 0.29) is 16.7 Å². The van der Waals surface area contributed by atoms with E-state index in [2.05, 4.69) is 4.74 Å². The number of rotatable bonds is 4. The number of carbonyl (C=O) groups is 3. The van der Waals surface area contributed by atoms with E-state index in [9.17, 15) is 46.5 Å². The molecule has 4 rings (SSSR count). The average Bonchev–Trinajstić information content (AvgIpc) is 2.83. The summed E-state index contributed by atoms with van der Waals surface area (Å²) in [5.41, 5.74) is -4.65. The van der Waals surface area contributed by atoms with Crippen molar-refractivity contribution in [2.75, 3.05) is 0 Å². The normalized spacial score (nSPS) is 12.3. The van der Waals surface area contributed by atoms with E-state index >= 15 is 0 Å². The number of nitrogens with zero attached hydrogens (tertiary/aromatic N) is 1. The van der Waals surface area contributed by atoms with Crippen LogP contribution in [0.2, 0.25) is 0 Å². The van der Waals surface area contributed by atoms with Gasteiger partial charge in [-0.3, -0.25) is 19.7 Å². The van der Waals surface area contributed by atoms with Crippen molar-refractivity contribution in [1.29, 1.82) is 0 Å². The molecule has 0 N–H and O–H groups in total. The molecule has 0 fully saturated rings. The van der Waals surface area contributed by atoms with Crippen LogP contribution in [0.4, 0.5) is 27.6 Å². The summed E-state index contributed by atoms with van der Waals surface area (Å²) >= 11 is 0. The number of ether oxygens (including phenoxy) is 1. The third-order valence-corrected chi connectivity index (χ3v) is 5.12. The van der Waals surface area contributed by atoms with Crippen molar-refractivity contribution in [1.82, 2.24) is 0 Å². The number of hydrogen-bond donors (Lipinski definition) is 0. The zero-order valence-electron chi connectivity index (χ0n) is 16.5. The molecule has 0 unspecified atom stereocenters. The lowest BCUT2D eigenvalue weighted by atomic mass is 9.82. The minimum Gasteiger partial charge on any atom is -0.457 e. The van der Waals surface area contributed by atoms with Crippen molar-refractivity contribution < 1.29 is 46.0 Å². The van der Waals surface area contributed by atoms with Crippen LogP contribution in [0, 0.1) is 39.2 Å². The van der Waals surface area contributed by atoms with Gasteiger partial charge in [-0.1, -0.05) is 24.3 Å². The molecule has 0 aliphatic heterocycles. The predicted octanol–water partition coefficient (Wildman–Crippen LogP) is 4.42. The van der Waals surface area contributed by atoms with Crippen molar-refractivity contribution in [2.45, 2.75) is 6.61 Å². The molecule has 12 heteroatoms. The number of benzene rings is 3. The summed E-state index contributed by atoms with van der Waals surface area (Å²) < 4.78 is 72.1. The number of carbonyl (C=O) groups excluding carboxylic acids is 3. The van der Waals surface area contributed by atoms with Crippen molar-refractivity contribution >= 4 is 23.2 Å². The average molecular weight is 477 g/mol. The third kappa shape index (κ3) is 3.31. The second kappa shape index (κ2) is 8.14. The number of halogens is 5. The smallest absolute Gasteiger partial charge is 0.345 e. The summed E-state index contributed by atoms with van der Waals surface area (Å²) in [7, 11) is 0. The number of nitro benzene ring substituents is 1. The molecule has 0 aromatic heterocycles. The second-order valence-electron chi connectivity index (χ2n) is 6.97. The highest BCUT2D eigenvalue weighted by Crippen LogP contribution is 2.36. The highest BCUT2D eigenvalue weighted by atomic mass is 19.2. The van der Waals surface area contributed by atoms with Crippen LogP contribution in [0.3, 0.4) is 0 Å². The van der Waals surface area contributed by atoms with Crippen molar-refractivity contribution in [2.24, 2.45) is 0 Å². The van der Waals surface area contributed by atoms with Gasteiger partial charge in [-0.15, -0.1) is 0 Å². The summed E-state index contributed by atoms with van der Waals surface area (Å²) in [6.07, 6.45) is 0. The Hall–Kier alpha value is -4.48. The van der Waals surface area contributed by atoms with Gasteiger partial charge in [0.1, 0.15) is 17.7 Å². The maximum Gasteiger partial charge on any atom is 0.345 e. The Morgan fingerprint density at radius 1 is 0.794 bits per heavy atom. The molecule has 3 aromatic rings. The van der Waals surface area contributed by atoms with Crippen molar-refractivity contribution in [3.8, 4) is 0 Å². The van der Waals surface area contributed by atoms with Crippen LogP contribution in [-0.2, 0) is 11.3 Å². The lowest BCUT2D eigenvalue weighted by molar-refractivity contribution is -0.385. The van der Waals surface area contributed by atoms with Gasteiger partial charge in [-0.25, -0.2) is 26.7 Å². The minimum absolute atomic E-state index is 0.00376. The molecule has 3 aromatic carbocycles. The third-order valence-electron chi connectivity index (χ3n) is 5.12. The molecule has 0 spiro atoms. The first-order valence-electron chi connectivity index (χ1n) is 9.23. The number of fused-ring (bicyclic) bond motifs is 2. The maximum atomic E-state index is 13.8. The summed E-state index contributed by atoms with van der Waals surface area (Å²) in [6, 6.07) is 7.26. The molecule has 0 radical (unpaired) electrons. The lowest BCUT2D eigenvalue weighted by Crippen LogP contribution is -2.24. The lowest BCUT2D eigenvalue weighted by Gasteiger charge is -2.18. The first kappa shape index (κ1) is 22.7. The number of nitro groups is 1. The first-order chi connectivity index (χ1) is 16.1. The van der Waals surface area contributed by atoms with Crippen LogP contribution in [0.25, 0.3) is 0 Å². The van der Waals surface area contributed by atoms with Gasteiger partial charge in [0.25, 0.3) is 5.69 Å². The van der Waals surface area contributed by atoms with Gasteiger partial charge in [0, 0.05) is 16.7 Å². The molecular weight excluding hydrogens is 469 g/mol. The number of ketones is 2. The quantitative estimate of drug-likeness (QED) is 0.108. The van der Waals surface area contributed by atoms with E-state index in [0.717, 1.165) is 12.1 Å². The molecule has 1 aliphatic carbocycles. The first-order valence-corrected chi connectivity index (χ1v) is 9.23. The monoisotopic (exact) mass is 477 g/mol. The van der Waals surface area contributed by atoms with Gasteiger partial charge in [-0.05, 0) is 12.1 Å². The van der Waals surface area contributed by atoms with Gasteiger partial charge in [0.15, 0.2) is 29.1 Å². The molecule has 7 nitrogen and oxygen atoms in total. The predicted molar refractivity (Wildman–Crippen MR) is 102 cm³/mol. The summed E-state index contributed by atoms with van der Waals surface area (Å²) in [5, 5.41) is 11.7. The Kier molecular flexibility index (Phi) is 5.43. The fourth-order valence-electron chi connectivity index (χ4n) is 3.52. The van der Waals surface area contributed by atoms with Gasteiger partial charge in [-0.2, -0.15) is 0 Å². The Bertz CT molecular complexity index is 1420. The fraction of sp³-hybridized carbons (Fsp3) is 0.0455. The van der Waals surface area contributed by atoms with Crippen LogP contribution in [0.5, 0.6) is 0 Å². The zero-order valence-corrected chi connectivity index (χ0v) is 16.5. The Labute approximate surface area is 185 Å². The summed E-state index contributed by atoms with van der Waals surface area (Å²) in [4.78, 5) is 48.7. The molecule has 172 valence electrons. The number of hydrogen-bond acceptors (Lipinski definition) is 6. The number of esters is 1. The molecule has 0 bridgehead atoms. The van der Waals surface area contributed by atoms with Gasteiger partial charge < -0.3 is 4.74 Å². The molecule has 0 atom stereocenters. The molecule has 0 amide bonds. The molecule has 34 heavy (non-hydrogen) atoms. The topological polar surface area (TPSA) is 104 Å². The van der Waals surface area contributed by atoms with Crippen molar-refractivity contribution in [3.63, 3.8) is 0 Å². The van der Waals surface area contributed by atoms with Crippen LogP contribution < -0.4 is 0 Å².